The van der Waals surface area contributed by atoms with Gasteiger partial charge in [-0.15, -0.1) is 12.6 Å². The number of hydrogen-bond acceptors (Lipinski definition) is 5. The van der Waals surface area contributed by atoms with Crippen LogP contribution in [0.1, 0.15) is 15.9 Å². The molecule has 5 nitrogen and oxygen atoms in total. The molecule has 0 radical (unpaired) electrons. The summed E-state index contributed by atoms with van der Waals surface area (Å²) in [5.74, 6) is 0.364. The number of benzene rings is 4. The Bertz CT molecular complexity index is 1530. The van der Waals surface area contributed by atoms with Gasteiger partial charge in [-0.3, -0.25) is 10.1 Å². The lowest BCUT2D eigenvalue weighted by molar-refractivity contribution is 0.102. The first-order valence-corrected chi connectivity index (χ1v) is 11.5. The number of carbonyl (C=O) groups is 1. The molecule has 0 bridgehead atoms. The van der Waals surface area contributed by atoms with Crippen LogP contribution in [0, 0.1) is 6.92 Å². The first-order chi connectivity index (χ1) is 17.0. The Labute approximate surface area is 208 Å². The fourth-order valence-corrected chi connectivity index (χ4v) is 4.14. The number of phenols is 1. The Morgan fingerprint density at radius 1 is 0.857 bits per heavy atom. The minimum atomic E-state index is -0.375. The normalized spacial score (nSPS) is 10.8. The molecule has 172 valence electrons. The number of aryl methyl sites for hydroxylation is 1. The maximum absolute atomic E-state index is 13.5. The molecule has 0 fully saturated rings. The Morgan fingerprint density at radius 2 is 1.60 bits per heavy atom. The standard InChI is InChI=1S/C29H22N2O3S/c1-18-14-15-23(25(32)16-18)22-12-5-6-13-24(22)27(33)31-29-26(20-10-7-11-21(35)17-20)30-28(34-29)19-8-3-2-4-9-19/h2-17,32,35H,1H3,(H,31,33). The minimum absolute atomic E-state index is 0.113. The van der Waals surface area contributed by atoms with E-state index in [0.29, 0.717) is 28.3 Å². The largest absolute Gasteiger partial charge is 0.507 e. The van der Waals surface area contributed by atoms with Crippen LogP contribution in [0.3, 0.4) is 0 Å². The molecule has 6 heteroatoms. The second kappa shape index (κ2) is 9.52. The van der Waals surface area contributed by atoms with E-state index in [9.17, 15) is 9.90 Å². The van der Waals surface area contributed by atoms with E-state index in [2.05, 4.69) is 22.9 Å². The van der Waals surface area contributed by atoms with Gasteiger partial charge in [0.2, 0.25) is 11.8 Å². The molecular formula is C29H22N2O3S. The van der Waals surface area contributed by atoms with Crippen molar-refractivity contribution >= 4 is 24.4 Å². The van der Waals surface area contributed by atoms with Gasteiger partial charge in [-0.2, -0.15) is 0 Å². The van der Waals surface area contributed by atoms with Gasteiger partial charge in [0.15, 0.2) is 0 Å². The SMILES string of the molecule is Cc1ccc(-c2ccccc2C(=O)Nc2oc(-c3ccccc3)nc2-c2cccc(S)c2)c(O)c1. The summed E-state index contributed by atoms with van der Waals surface area (Å²) in [6.45, 7) is 1.90. The third kappa shape index (κ3) is 4.69. The van der Waals surface area contributed by atoms with Crippen molar-refractivity contribution in [3.05, 3.63) is 108 Å². The summed E-state index contributed by atoms with van der Waals surface area (Å²) in [4.78, 5) is 18.9. The summed E-state index contributed by atoms with van der Waals surface area (Å²) in [6.07, 6.45) is 0. The topological polar surface area (TPSA) is 75.4 Å². The van der Waals surface area contributed by atoms with Crippen LogP contribution in [0.25, 0.3) is 33.8 Å². The molecule has 0 atom stereocenters. The molecule has 0 aliphatic heterocycles. The first kappa shape index (κ1) is 22.5. The molecule has 1 amide bonds. The van der Waals surface area contributed by atoms with E-state index < -0.39 is 0 Å². The number of nitrogens with zero attached hydrogens (tertiary/aromatic N) is 1. The van der Waals surface area contributed by atoms with Crippen LogP contribution in [-0.4, -0.2) is 16.0 Å². The first-order valence-electron chi connectivity index (χ1n) is 11.1. The molecule has 35 heavy (non-hydrogen) atoms. The maximum atomic E-state index is 13.5. The molecule has 2 N–H and O–H groups in total. The number of phenolic OH excluding ortho intramolecular Hbond substituents is 1. The van der Waals surface area contributed by atoms with Gasteiger partial charge in [-0.1, -0.05) is 60.7 Å². The number of anilines is 1. The Morgan fingerprint density at radius 3 is 2.37 bits per heavy atom. The van der Waals surface area contributed by atoms with E-state index in [-0.39, 0.29) is 17.5 Å². The molecule has 1 aromatic heterocycles. The Hall–Kier alpha value is -4.29. The quantitative estimate of drug-likeness (QED) is 0.233. The number of nitrogens with one attached hydrogen (secondary N) is 1. The Balaban J connectivity index is 1.57. The van der Waals surface area contributed by atoms with Crippen LogP contribution in [0.15, 0.2) is 106 Å². The Kier molecular flexibility index (Phi) is 6.12. The average molecular weight is 479 g/mol. The average Bonchev–Trinajstić information content (AvgIpc) is 3.28. The van der Waals surface area contributed by atoms with Crippen molar-refractivity contribution in [2.45, 2.75) is 11.8 Å². The number of rotatable bonds is 5. The predicted octanol–water partition coefficient (Wildman–Crippen LogP) is 7.23. The van der Waals surface area contributed by atoms with Crippen LogP contribution in [0.4, 0.5) is 5.88 Å². The molecule has 0 unspecified atom stereocenters. The number of carbonyl (C=O) groups excluding carboxylic acids is 1. The van der Waals surface area contributed by atoms with E-state index >= 15 is 0 Å². The van der Waals surface area contributed by atoms with Crippen LogP contribution >= 0.6 is 12.6 Å². The number of aromatic hydroxyl groups is 1. The van der Waals surface area contributed by atoms with Gasteiger partial charge in [0.05, 0.1) is 0 Å². The highest BCUT2D eigenvalue weighted by Crippen LogP contribution is 2.36. The van der Waals surface area contributed by atoms with Crippen molar-refractivity contribution in [3.8, 4) is 39.6 Å². The monoisotopic (exact) mass is 478 g/mol. The van der Waals surface area contributed by atoms with Crippen molar-refractivity contribution in [3.63, 3.8) is 0 Å². The highest BCUT2D eigenvalue weighted by Gasteiger charge is 2.21. The second-order valence-corrected chi connectivity index (χ2v) is 8.65. The number of oxazole rings is 1. The summed E-state index contributed by atoms with van der Waals surface area (Å²) in [5.41, 5.74) is 4.59. The van der Waals surface area contributed by atoms with Gasteiger partial charge in [0.25, 0.3) is 5.91 Å². The van der Waals surface area contributed by atoms with E-state index in [4.69, 9.17) is 4.42 Å². The van der Waals surface area contributed by atoms with E-state index in [1.807, 2.05) is 79.7 Å². The molecule has 0 saturated carbocycles. The third-order valence-electron chi connectivity index (χ3n) is 5.61. The summed E-state index contributed by atoms with van der Waals surface area (Å²) in [7, 11) is 0. The lowest BCUT2D eigenvalue weighted by atomic mass is 9.97. The highest BCUT2D eigenvalue weighted by molar-refractivity contribution is 7.80. The number of aromatic nitrogens is 1. The summed E-state index contributed by atoms with van der Waals surface area (Å²) in [5, 5.41) is 13.4. The molecule has 0 spiro atoms. The van der Waals surface area contributed by atoms with Crippen LogP contribution in [0.5, 0.6) is 5.75 Å². The summed E-state index contributed by atoms with van der Waals surface area (Å²) >= 11 is 4.44. The summed E-state index contributed by atoms with van der Waals surface area (Å²) in [6, 6.07) is 29.5. The van der Waals surface area contributed by atoms with Gasteiger partial charge >= 0.3 is 0 Å². The van der Waals surface area contributed by atoms with Gasteiger partial charge in [0.1, 0.15) is 11.4 Å². The van der Waals surface area contributed by atoms with Crippen LogP contribution < -0.4 is 5.32 Å². The van der Waals surface area contributed by atoms with Crippen LogP contribution in [-0.2, 0) is 0 Å². The molecule has 0 saturated heterocycles. The zero-order valence-corrected chi connectivity index (χ0v) is 19.8. The van der Waals surface area contributed by atoms with Crippen molar-refractivity contribution < 1.29 is 14.3 Å². The van der Waals surface area contributed by atoms with Crippen LogP contribution in [0.2, 0.25) is 0 Å². The molecule has 0 aliphatic carbocycles. The van der Waals surface area contributed by atoms with Crippen molar-refractivity contribution in [2.75, 3.05) is 5.32 Å². The number of thiol groups is 1. The third-order valence-corrected chi connectivity index (χ3v) is 5.89. The molecule has 0 aliphatic rings. The zero-order chi connectivity index (χ0) is 24.4. The van der Waals surface area contributed by atoms with Crippen molar-refractivity contribution in [1.82, 2.24) is 4.98 Å². The molecule has 1 heterocycles. The maximum Gasteiger partial charge on any atom is 0.258 e. The molecular weight excluding hydrogens is 456 g/mol. The predicted molar refractivity (Wildman–Crippen MR) is 141 cm³/mol. The number of hydrogen-bond donors (Lipinski definition) is 3. The van der Waals surface area contributed by atoms with E-state index in [1.54, 1.807) is 24.3 Å². The van der Waals surface area contributed by atoms with Gasteiger partial charge in [-0.25, -0.2) is 4.98 Å². The zero-order valence-electron chi connectivity index (χ0n) is 18.9. The smallest absolute Gasteiger partial charge is 0.258 e. The molecule has 5 aromatic rings. The second-order valence-electron chi connectivity index (χ2n) is 8.13. The molecule has 5 rings (SSSR count). The van der Waals surface area contributed by atoms with Crippen molar-refractivity contribution in [2.24, 2.45) is 0 Å². The van der Waals surface area contributed by atoms with Crippen molar-refractivity contribution in [1.29, 1.82) is 0 Å². The van der Waals surface area contributed by atoms with Gasteiger partial charge in [0, 0.05) is 27.1 Å². The fourth-order valence-electron chi connectivity index (χ4n) is 3.91. The summed E-state index contributed by atoms with van der Waals surface area (Å²) < 4.78 is 6.05. The highest BCUT2D eigenvalue weighted by atomic mass is 32.1. The lowest BCUT2D eigenvalue weighted by Gasteiger charge is -2.12. The van der Waals surface area contributed by atoms with Gasteiger partial charge < -0.3 is 9.52 Å². The van der Waals surface area contributed by atoms with E-state index in [0.717, 1.165) is 21.6 Å². The fraction of sp³-hybridized carbons (Fsp3) is 0.0345. The molecule has 4 aromatic carbocycles. The number of amides is 1. The van der Waals surface area contributed by atoms with Gasteiger partial charge in [-0.05, 0) is 54.4 Å². The minimum Gasteiger partial charge on any atom is -0.507 e. The van der Waals surface area contributed by atoms with E-state index in [1.165, 1.54) is 0 Å². The lowest BCUT2D eigenvalue weighted by Crippen LogP contribution is -2.13.